The van der Waals surface area contributed by atoms with Crippen molar-refractivity contribution in [3.05, 3.63) is 52.5 Å². The predicted molar refractivity (Wildman–Crippen MR) is 146 cm³/mol. The molecule has 8 N–H and O–H groups in total. The second-order valence-electron chi connectivity index (χ2n) is 9.40. The van der Waals surface area contributed by atoms with Gasteiger partial charge in [-0.3, -0.25) is 28.3 Å². The van der Waals surface area contributed by atoms with Crippen LogP contribution in [-0.2, 0) is 32.4 Å². The summed E-state index contributed by atoms with van der Waals surface area (Å²) in [6.07, 6.45) is -4.35. The van der Waals surface area contributed by atoms with E-state index in [0.29, 0.717) is 0 Å². The zero-order valence-electron chi connectivity index (χ0n) is 22.7. The molecule has 0 amide bonds. The molecule has 0 saturated carbocycles. The Morgan fingerprint density at radius 1 is 1.02 bits per heavy atom. The molecule has 6 atom stereocenters. The zero-order chi connectivity index (χ0) is 32.9. The first-order valence-corrected chi connectivity index (χ1v) is 15.6. The number of nitrogens with zero attached hydrogens (tertiary/aromatic N) is 7. The van der Waals surface area contributed by atoms with Crippen molar-refractivity contribution in [1.29, 1.82) is 0 Å². The number of imidazole rings is 2. The maximum absolute atomic E-state index is 15.6. The molecule has 6 rings (SSSR count). The van der Waals surface area contributed by atoms with Crippen molar-refractivity contribution in [2.75, 3.05) is 31.0 Å². The molecule has 25 heteroatoms. The van der Waals surface area contributed by atoms with E-state index in [1.54, 1.807) is 0 Å². The van der Waals surface area contributed by atoms with E-state index in [4.69, 9.17) is 34.7 Å². The molecule has 2 aliphatic rings. The Morgan fingerprint density at radius 3 is 2.37 bits per heavy atom. The molecule has 0 saturated heterocycles. The highest BCUT2D eigenvalue weighted by atomic mass is 31.2. The Balaban J connectivity index is 1.23. The molecular formula is C21H21F2N10O11P2+. The van der Waals surface area contributed by atoms with Gasteiger partial charge in [0.15, 0.2) is 58.3 Å². The number of aromatic nitrogens is 8. The molecule has 46 heavy (non-hydrogen) atoms. The SMILES string of the molecule is Nc1nc2c(ncn2C2OC(COP(=O)(O)OC3=C(F)C(n4cnc5c(N)ncnc54)OC3CO)C(OC[P+](=O)O)=C2F)c(=O)[nH]1. The number of aliphatic hydroxyl groups is 1. The summed E-state index contributed by atoms with van der Waals surface area (Å²) in [6.45, 7) is -1.90. The molecule has 4 aromatic heterocycles. The molecule has 2 aliphatic heterocycles. The van der Waals surface area contributed by atoms with Gasteiger partial charge in [0.05, 0.1) is 25.9 Å². The molecular weight excluding hydrogens is 668 g/mol. The molecule has 6 unspecified atom stereocenters. The lowest BCUT2D eigenvalue weighted by Gasteiger charge is -2.20. The van der Waals surface area contributed by atoms with Crippen LogP contribution in [-0.4, -0.2) is 85.7 Å². The Bertz CT molecular complexity index is 2030. The van der Waals surface area contributed by atoms with Crippen molar-refractivity contribution in [3.63, 3.8) is 0 Å². The number of nitrogen functional groups attached to an aromatic ring is 2. The van der Waals surface area contributed by atoms with Crippen LogP contribution in [0.25, 0.3) is 22.3 Å². The summed E-state index contributed by atoms with van der Waals surface area (Å²) in [6, 6.07) is 0. The van der Waals surface area contributed by atoms with Gasteiger partial charge in [0.2, 0.25) is 5.95 Å². The molecule has 0 bridgehead atoms. The quantitative estimate of drug-likeness (QED) is 0.114. The number of aliphatic hydroxyl groups excluding tert-OH is 1. The van der Waals surface area contributed by atoms with E-state index in [1.807, 2.05) is 0 Å². The average Bonchev–Trinajstić information content (AvgIpc) is 3.76. The summed E-state index contributed by atoms with van der Waals surface area (Å²) >= 11 is 0. The lowest BCUT2D eigenvalue weighted by atomic mass is 10.3. The first kappa shape index (κ1) is 31.5. The maximum Gasteiger partial charge on any atom is 0.547 e. The molecule has 0 radical (unpaired) electrons. The smallest absolute Gasteiger partial charge is 0.445 e. The minimum absolute atomic E-state index is 0.0130. The van der Waals surface area contributed by atoms with Gasteiger partial charge in [-0.25, -0.2) is 33.3 Å². The number of rotatable bonds is 11. The van der Waals surface area contributed by atoms with Crippen molar-refractivity contribution in [2.45, 2.75) is 24.7 Å². The molecule has 0 aliphatic carbocycles. The first-order valence-electron chi connectivity index (χ1n) is 12.7. The van der Waals surface area contributed by atoms with Gasteiger partial charge in [-0.2, -0.15) is 9.88 Å². The fraction of sp³-hybridized carbons (Fsp3) is 0.333. The van der Waals surface area contributed by atoms with Crippen LogP contribution >= 0.6 is 15.9 Å². The van der Waals surface area contributed by atoms with Gasteiger partial charge in [-0.05, 0) is 4.57 Å². The van der Waals surface area contributed by atoms with E-state index in [9.17, 15) is 28.8 Å². The summed E-state index contributed by atoms with van der Waals surface area (Å²) < 4.78 is 83.3. The number of phosphoric ester groups is 1. The predicted octanol–water partition coefficient (Wildman–Crippen LogP) is 0.116. The standard InChI is InChI=1S/C21H20F2N10O11P2/c22-9-13(40-6-45(36)37)8(43-19(9)33-5-29-12-17(33)30-21(25)31-18(12)35)2-41-46(38,39)44-14-7(1-34)42-20(10(14)23)32-4-28-11-15(24)26-3-27-16(11)32/h3-5,7-8,19-20,34H,1-2,6H2,(H6-,24,25,26,27,30,31,35,36,37,38,39)/p+1. The molecule has 0 fully saturated rings. The number of hydrogen-bond acceptors (Lipinski definition) is 16. The van der Waals surface area contributed by atoms with Gasteiger partial charge in [0, 0.05) is 0 Å². The number of nitrogens with one attached hydrogen (secondary N) is 1. The molecule has 4 aromatic rings. The Kier molecular flexibility index (Phi) is 8.25. The molecule has 6 heterocycles. The van der Waals surface area contributed by atoms with Gasteiger partial charge in [-0.15, -0.1) is 0 Å². The number of nitrogens with two attached hydrogens (primary N) is 2. The van der Waals surface area contributed by atoms with Crippen LogP contribution < -0.4 is 17.0 Å². The third-order valence-corrected chi connectivity index (χ3v) is 7.77. The van der Waals surface area contributed by atoms with Crippen LogP contribution in [0.15, 0.2) is 46.9 Å². The summed E-state index contributed by atoms with van der Waals surface area (Å²) in [5.74, 6) is -4.40. The van der Waals surface area contributed by atoms with Crippen molar-refractivity contribution >= 4 is 49.9 Å². The van der Waals surface area contributed by atoms with Gasteiger partial charge >= 0.3 is 22.2 Å². The largest absolute Gasteiger partial charge is 0.547 e. The fourth-order valence-electron chi connectivity index (χ4n) is 4.58. The van der Waals surface area contributed by atoms with E-state index < -0.39 is 88.8 Å². The second kappa shape index (κ2) is 12.0. The van der Waals surface area contributed by atoms with Crippen LogP contribution in [0.2, 0.25) is 0 Å². The number of aromatic amines is 1. The van der Waals surface area contributed by atoms with Crippen molar-refractivity contribution in [1.82, 2.24) is 39.0 Å². The minimum Gasteiger partial charge on any atom is -0.445 e. The number of phosphoric acid groups is 1. The average molecular weight is 689 g/mol. The number of fused-ring (bicyclic) bond motifs is 2. The molecule has 244 valence electrons. The van der Waals surface area contributed by atoms with Gasteiger partial charge in [0.1, 0.15) is 24.1 Å². The maximum atomic E-state index is 15.6. The number of halogens is 2. The summed E-state index contributed by atoms with van der Waals surface area (Å²) in [4.78, 5) is 53.5. The summed E-state index contributed by atoms with van der Waals surface area (Å²) in [5, 5.41) is 9.76. The number of ether oxygens (including phenoxy) is 3. The zero-order valence-corrected chi connectivity index (χ0v) is 24.5. The van der Waals surface area contributed by atoms with E-state index in [-0.39, 0.29) is 34.1 Å². The van der Waals surface area contributed by atoms with Crippen molar-refractivity contribution in [2.24, 2.45) is 0 Å². The van der Waals surface area contributed by atoms with Gasteiger partial charge in [-0.1, -0.05) is 0 Å². The van der Waals surface area contributed by atoms with E-state index in [2.05, 4.69) is 29.9 Å². The van der Waals surface area contributed by atoms with Gasteiger partial charge in [0.25, 0.3) is 5.56 Å². The Hall–Kier alpha value is -4.47. The summed E-state index contributed by atoms with van der Waals surface area (Å²) in [5.41, 5.74) is 10.3. The third kappa shape index (κ3) is 5.69. The molecule has 0 aromatic carbocycles. The first-order chi connectivity index (χ1) is 21.9. The monoisotopic (exact) mass is 689 g/mol. The van der Waals surface area contributed by atoms with Gasteiger partial charge < -0.3 is 35.3 Å². The molecule has 0 spiro atoms. The Labute approximate surface area is 253 Å². The lowest BCUT2D eigenvalue weighted by Crippen LogP contribution is -2.22. The van der Waals surface area contributed by atoms with E-state index in [0.717, 1.165) is 28.1 Å². The lowest BCUT2D eigenvalue weighted by molar-refractivity contribution is -0.0379. The number of H-pyrrole nitrogens is 1. The highest BCUT2D eigenvalue weighted by Gasteiger charge is 2.45. The number of anilines is 2. The number of hydrogen-bond donors (Lipinski definition) is 6. The minimum atomic E-state index is -5.30. The topological polar surface area (TPSA) is 300 Å². The highest BCUT2D eigenvalue weighted by Crippen LogP contribution is 2.51. The normalized spacial score (nSPS) is 23.5. The van der Waals surface area contributed by atoms with E-state index >= 15 is 8.78 Å². The molecule has 21 nitrogen and oxygen atoms in total. The van der Waals surface area contributed by atoms with Crippen LogP contribution in [0.4, 0.5) is 20.5 Å². The van der Waals surface area contributed by atoms with Crippen molar-refractivity contribution in [3.8, 4) is 0 Å². The van der Waals surface area contributed by atoms with Crippen molar-refractivity contribution < 1.29 is 56.1 Å². The second-order valence-corrected chi connectivity index (χ2v) is 11.7. The van der Waals surface area contributed by atoms with Crippen LogP contribution in [0, 0.1) is 0 Å². The van der Waals surface area contributed by atoms with Crippen LogP contribution in [0.5, 0.6) is 0 Å². The highest BCUT2D eigenvalue weighted by molar-refractivity contribution is 7.47. The van der Waals surface area contributed by atoms with Crippen LogP contribution in [0.1, 0.15) is 12.5 Å². The Morgan fingerprint density at radius 2 is 1.67 bits per heavy atom. The van der Waals surface area contributed by atoms with Crippen LogP contribution in [0.3, 0.4) is 0 Å². The third-order valence-electron chi connectivity index (χ3n) is 6.52. The fourth-order valence-corrected chi connectivity index (χ4v) is 5.66. The van der Waals surface area contributed by atoms with E-state index in [1.165, 1.54) is 0 Å². The summed E-state index contributed by atoms with van der Waals surface area (Å²) in [7, 11) is -8.23.